The van der Waals surface area contributed by atoms with Gasteiger partial charge in [0.25, 0.3) is 11.8 Å². The summed E-state index contributed by atoms with van der Waals surface area (Å²) in [5, 5.41) is 14.6. The summed E-state index contributed by atoms with van der Waals surface area (Å²) >= 11 is 3.22. The second-order valence-electron chi connectivity index (χ2n) is 5.94. The lowest BCUT2D eigenvalue weighted by atomic mass is 9.85. The molecule has 3 aliphatic rings. The number of hydrogen-bond donors (Lipinski definition) is 1. The predicted octanol–water partition coefficient (Wildman–Crippen LogP) is 2.30. The van der Waals surface area contributed by atoms with Crippen molar-refractivity contribution < 1.29 is 14.7 Å². The number of phenolic OH excluding ortho intramolecular Hbond substituents is 1. The van der Waals surface area contributed by atoms with Crippen LogP contribution >= 0.6 is 15.9 Å². The van der Waals surface area contributed by atoms with Crippen LogP contribution in [0.25, 0.3) is 0 Å². The van der Waals surface area contributed by atoms with Crippen LogP contribution in [0, 0.1) is 23.7 Å². The second-order valence-corrected chi connectivity index (χ2v) is 6.80. The topological polar surface area (TPSA) is 70.0 Å². The van der Waals surface area contributed by atoms with Gasteiger partial charge >= 0.3 is 0 Å². The van der Waals surface area contributed by atoms with Crippen molar-refractivity contribution in [2.45, 2.75) is 6.42 Å². The first-order valence-corrected chi connectivity index (χ1v) is 7.94. The van der Waals surface area contributed by atoms with Crippen molar-refractivity contribution in [2.24, 2.45) is 28.8 Å². The zero-order valence-electron chi connectivity index (χ0n) is 11.5. The minimum Gasteiger partial charge on any atom is -0.507 e. The molecule has 4 rings (SSSR count). The van der Waals surface area contributed by atoms with E-state index in [2.05, 4.69) is 33.2 Å². The Balaban J connectivity index is 1.59. The average Bonchev–Trinajstić information content (AvgIpc) is 3.16. The van der Waals surface area contributed by atoms with Gasteiger partial charge in [0.1, 0.15) is 5.75 Å². The van der Waals surface area contributed by atoms with Crippen LogP contribution in [-0.2, 0) is 9.59 Å². The van der Waals surface area contributed by atoms with Gasteiger partial charge in [-0.2, -0.15) is 10.1 Å². The number of aromatic hydroxyl groups is 1. The van der Waals surface area contributed by atoms with Gasteiger partial charge in [0, 0.05) is 0 Å². The van der Waals surface area contributed by atoms with Gasteiger partial charge in [-0.25, -0.2) is 0 Å². The number of carbonyl (C=O) groups excluding carboxylic acids is 2. The number of benzene rings is 1. The first kappa shape index (κ1) is 13.7. The molecule has 2 amide bonds. The summed E-state index contributed by atoms with van der Waals surface area (Å²) in [6.45, 7) is 0. The summed E-state index contributed by atoms with van der Waals surface area (Å²) in [5.41, 5.74) is 0.698. The van der Waals surface area contributed by atoms with Gasteiger partial charge in [0.15, 0.2) is 0 Å². The summed E-state index contributed by atoms with van der Waals surface area (Å²) < 4.78 is 0.537. The van der Waals surface area contributed by atoms with E-state index in [1.165, 1.54) is 12.3 Å². The number of amides is 2. The largest absolute Gasteiger partial charge is 0.507 e. The maximum absolute atomic E-state index is 12.4. The number of rotatable bonds is 2. The Morgan fingerprint density at radius 3 is 2.41 bits per heavy atom. The zero-order chi connectivity index (χ0) is 15.4. The Morgan fingerprint density at radius 2 is 1.82 bits per heavy atom. The molecular formula is C16H13BrN2O3. The molecule has 0 unspecified atom stereocenters. The Labute approximate surface area is 135 Å². The number of hydrazone groups is 1. The highest BCUT2D eigenvalue weighted by Gasteiger charge is 2.59. The molecule has 2 fully saturated rings. The van der Waals surface area contributed by atoms with E-state index < -0.39 is 0 Å². The average molecular weight is 361 g/mol. The Hall–Kier alpha value is -1.95. The zero-order valence-corrected chi connectivity index (χ0v) is 13.1. The molecule has 1 aromatic carbocycles. The quantitative estimate of drug-likeness (QED) is 0.499. The molecule has 112 valence electrons. The molecule has 1 aliphatic heterocycles. The molecule has 0 spiro atoms. The molecule has 2 bridgehead atoms. The predicted molar refractivity (Wildman–Crippen MR) is 83.0 cm³/mol. The van der Waals surface area contributed by atoms with E-state index in [0.29, 0.717) is 10.0 Å². The second kappa shape index (κ2) is 4.78. The highest BCUT2D eigenvalue weighted by Crippen LogP contribution is 2.52. The van der Waals surface area contributed by atoms with E-state index in [-0.39, 0.29) is 41.2 Å². The lowest BCUT2D eigenvalue weighted by Gasteiger charge is -2.13. The number of halogens is 1. The smallest absolute Gasteiger partial charge is 0.254 e. The van der Waals surface area contributed by atoms with Crippen LogP contribution in [0.5, 0.6) is 5.75 Å². The van der Waals surface area contributed by atoms with Crippen LogP contribution < -0.4 is 0 Å². The molecular weight excluding hydrogens is 348 g/mol. The first-order valence-electron chi connectivity index (χ1n) is 7.15. The van der Waals surface area contributed by atoms with Gasteiger partial charge < -0.3 is 5.11 Å². The van der Waals surface area contributed by atoms with Crippen molar-refractivity contribution in [3.63, 3.8) is 0 Å². The van der Waals surface area contributed by atoms with Crippen LogP contribution in [0.1, 0.15) is 12.0 Å². The van der Waals surface area contributed by atoms with Crippen LogP contribution in [0.4, 0.5) is 0 Å². The van der Waals surface area contributed by atoms with E-state index in [0.717, 1.165) is 11.4 Å². The van der Waals surface area contributed by atoms with Crippen molar-refractivity contribution >= 4 is 34.0 Å². The number of nitrogens with zero attached hydrogens (tertiary/aromatic N) is 2. The van der Waals surface area contributed by atoms with E-state index in [9.17, 15) is 14.7 Å². The number of phenols is 1. The Bertz CT molecular complexity index is 713. The van der Waals surface area contributed by atoms with E-state index in [1.807, 2.05) is 0 Å². The molecule has 5 nitrogen and oxygen atoms in total. The van der Waals surface area contributed by atoms with Crippen LogP contribution in [0.15, 0.2) is 39.9 Å². The molecule has 22 heavy (non-hydrogen) atoms. The van der Waals surface area contributed by atoms with Crippen molar-refractivity contribution in [3.05, 3.63) is 40.4 Å². The monoisotopic (exact) mass is 360 g/mol. The van der Waals surface area contributed by atoms with Gasteiger partial charge in [-0.1, -0.05) is 12.2 Å². The van der Waals surface area contributed by atoms with E-state index in [1.54, 1.807) is 12.1 Å². The van der Waals surface area contributed by atoms with Crippen molar-refractivity contribution in [2.75, 3.05) is 0 Å². The summed E-state index contributed by atoms with van der Waals surface area (Å²) in [4.78, 5) is 24.9. The minimum atomic E-state index is -0.230. The number of hydrogen-bond acceptors (Lipinski definition) is 4. The maximum atomic E-state index is 12.4. The highest BCUT2D eigenvalue weighted by molar-refractivity contribution is 9.10. The standard InChI is InChI=1S/C16H13BrN2O3/c17-11-5-8(1-4-12(11)20)7-18-19-15(21)13-9-2-3-10(6-9)14(13)16(19)22/h1-5,7,9-10,13-14,20H,6H2/t9-,10-,13-,14+/m0/s1. The fourth-order valence-corrected chi connectivity index (χ4v) is 4.12. The summed E-state index contributed by atoms with van der Waals surface area (Å²) in [6, 6.07) is 4.87. The van der Waals surface area contributed by atoms with Crippen molar-refractivity contribution in [3.8, 4) is 5.75 Å². The van der Waals surface area contributed by atoms with Gasteiger partial charge in [-0.3, -0.25) is 9.59 Å². The first-order chi connectivity index (χ1) is 10.6. The SMILES string of the molecule is O=C1[C@@H]2[C@H](C(=O)N1N=Cc1ccc(O)c(Br)c1)[C@H]1C=C[C@H]2C1. The molecule has 2 aliphatic carbocycles. The van der Waals surface area contributed by atoms with Crippen molar-refractivity contribution in [1.29, 1.82) is 0 Å². The third-order valence-electron chi connectivity index (χ3n) is 4.74. The highest BCUT2D eigenvalue weighted by atomic mass is 79.9. The van der Waals surface area contributed by atoms with Gasteiger partial charge in [-0.05, 0) is 57.9 Å². The summed E-state index contributed by atoms with van der Waals surface area (Å²) in [7, 11) is 0. The van der Waals surface area contributed by atoms with Gasteiger partial charge in [0.05, 0.1) is 22.5 Å². The third-order valence-corrected chi connectivity index (χ3v) is 5.38. The molecule has 1 aromatic rings. The molecule has 0 radical (unpaired) electrons. The molecule has 1 N–H and O–H groups in total. The lowest BCUT2D eigenvalue weighted by molar-refractivity contribution is -0.140. The summed E-state index contributed by atoms with van der Waals surface area (Å²) in [5.74, 6) is -0.342. The van der Waals surface area contributed by atoms with Gasteiger partial charge in [-0.15, -0.1) is 0 Å². The number of imide groups is 1. The molecule has 1 saturated heterocycles. The van der Waals surface area contributed by atoms with E-state index in [4.69, 9.17) is 0 Å². The fraction of sp³-hybridized carbons (Fsp3) is 0.312. The van der Waals surface area contributed by atoms with Crippen molar-refractivity contribution in [1.82, 2.24) is 5.01 Å². The number of fused-ring (bicyclic) bond motifs is 5. The van der Waals surface area contributed by atoms with Crippen LogP contribution in [0.3, 0.4) is 0 Å². The van der Waals surface area contributed by atoms with Gasteiger partial charge in [0.2, 0.25) is 0 Å². The Kier molecular flexibility index (Phi) is 2.97. The van der Waals surface area contributed by atoms with E-state index >= 15 is 0 Å². The minimum absolute atomic E-state index is 0.127. The molecule has 6 heteroatoms. The summed E-state index contributed by atoms with van der Waals surface area (Å²) in [6.07, 6.45) is 6.49. The maximum Gasteiger partial charge on any atom is 0.254 e. The lowest BCUT2D eigenvalue weighted by Crippen LogP contribution is -2.28. The molecule has 0 aromatic heterocycles. The fourth-order valence-electron chi connectivity index (χ4n) is 3.73. The normalized spacial score (nSPS) is 32.5. The van der Waals surface area contributed by atoms with Crippen LogP contribution in [0.2, 0.25) is 0 Å². The molecule has 1 saturated carbocycles. The molecule has 1 heterocycles. The number of allylic oxidation sites excluding steroid dienone is 2. The van der Waals surface area contributed by atoms with Crippen LogP contribution in [-0.4, -0.2) is 28.1 Å². The number of carbonyl (C=O) groups is 2. The third kappa shape index (κ3) is 1.86. The molecule has 4 atom stereocenters. The Morgan fingerprint density at radius 1 is 1.18 bits per heavy atom.